The average molecular weight is 477 g/mol. The topological polar surface area (TPSA) is 66.1 Å². The summed E-state index contributed by atoms with van der Waals surface area (Å²) in [6, 6.07) is 13.0. The van der Waals surface area contributed by atoms with Crippen molar-refractivity contribution in [3.63, 3.8) is 0 Å². The van der Waals surface area contributed by atoms with E-state index < -0.39 is 11.9 Å². The Kier molecular flexibility index (Phi) is 6.65. The lowest BCUT2D eigenvalue weighted by Crippen LogP contribution is -2.40. The molecule has 0 unspecified atom stereocenters. The van der Waals surface area contributed by atoms with Gasteiger partial charge in [0, 0.05) is 40.9 Å². The number of hydrogen-bond acceptors (Lipinski definition) is 4. The van der Waals surface area contributed by atoms with Gasteiger partial charge >= 0.3 is 6.18 Å². The molecule has 174 valence electrons. The number of nitrogens with zero attached hydrogens (tertiary/aromatic N) is 1. The SMILES string of the molecule is CNc1ccccc1C(=O)N[C@H]1CC[C@@H](Nc2cc(C(F)(F)F)nc3ccc(Cl)cc23)CC1. The molecule has 1 heterocycles. The molecule has 1 aliphatic rings. The van der Waals surface area contributed by atoms with Crippen molar-refractivity contribution in [2.75, 3.05) is 17.7 Å². The smallest absolute Gasteiger partial charge is 0.387 e. The molecule has 0 saturated heterocycles. The van der Waals surface area contributed by atoms with E-state index in [2.05, 4.69) is 20.9 Å². The number of hydrogen-bond donors (Lipinski definition) is 3. The first-order valence-electron chi connectivity index (χ1n) is 10.8. The number of fused-ring (bicyclic) bond motifs is 1. The first kappa shape index (κ1) is 23.2. The Balaban J connectivity index is 1.45. The highest BCUT2D eigenvalue weighted by Gasteiger charge is 2.34. The number of benzene rings is 2. The third-order valence-electron chi connectivity index (χ3n) is 5.92. The average Bonchev–Trinajstić information content (AvgIpc) is 2.79. The molecule has 0 aliphatic heterocycles. The third-order valence-corrected chi connectivity index (χ3v) is 6.16. The van der Waals surface area contributed by atoms with E-state index in [1.165, 1.54) is 12.1 Å². The van der Waals surface area contributed by atoms with Crippen LogP contribution in [0.2, 0.25) is 5.02 Å². The number of alkyl halides is 3. The molecule has 1 aromatic heterocycles. The fourth-order valence-electron chi connectivity index (χ4n) is 4.23. The van der Waals surface area contributed by atoms with E-state index in [0.29, 0.717) is 34.5 Å². The van der Waals surface area contributed by atoms with Crippen LogP contribution in [0, 0.1) is 0 Å². The first-order chi connectivity index (χ1) is 15.7. The van der Waals surface area contributed by atoms with Crippen molar-refractivity contribution in [3.8, 4) is 0 Å². The maximum Gasteiger partial charge on any atom is 0.433 e. The Hall–Kier alpha value is -3.00. The number of para-hydroxylation sites is 1. The Morgan fingerprint density at radius 2 is 1.70 bits per heavy atom. The molecule has 1 fully saturated rings. The molecule has 1 amide bonds. The van der Waals surface area contributed by atoms with Gasteiger partial charge in [-0.1, -0.05) is 23.7 Å². The summed E-state index contributed by atoms with van der Waals surface area (Å²) in [6.45, 7) is 0. The van der Waals surface area contributed by atoms with E-state index in [9.17, 15) is 18.0 Å². The van der Waals surface area contributed by atoms with E-state index in [0.717, 1.165) is 24.6 Å². The van der Waals surface area contributed by atoms with Gasteiger partial charge < -0.3 is 16.0 Å². The van der Waals surface area contributed by atoms with Gasteiger partial charge in [0.05, 0.1) is 11.1 Å². The van der Waals surface area contributed by atoms with Crippen LogP contribution in [-0.2, 0) is 6.18 Å². The van der Waals surface area contributed by atoms with E-state index in [1.54, 1.807) is 19.2 Å². The minimum Gasteiger partial charge on any atom is -0.387 e. The maximum atomic E-state index is 13.4. The highest BCUT2D eigenvalue weighted by atomic mass is 35.5. The molecule has 3 N–H and O–H groups in total. The molecule has 4 rings (SSSR count). The normalized spacial score (nSPS) is 18.7. The van der Waals surface area contributed by atoms with Crippen LogP contribution in [0.25, 0.3) is 10.9 Å². The zero-order valence-corrected chi connectivity index (χ0v) is 18.7. The Morgan fingerprint density at radius 3 is 2.39 bits per heavy atom. The Bertz CT molecular complexity index is 1160. The van der Waals surface area contributed by atoms with Gasteiger partial charge in [-0.25, -0.2) is 4.98 Å². The predicted molar refractivity (Wildman–Crippen MR) is 125 cm³/mol. The fourth-order valence-corrected chi connectivity index (χ4v) is 4.40. The lowest BCUT2D eigenvalue weighted by atomic mass is 9.90. The molecule has 2 aromatic carbocycles. The van der Waals surface area contributed by atoms with Crippen LogP contribution in [0.5, 0.6) is 0 Å². The Morgan fingerprint density at radius 1 is 1.00 bits per heavy atom. The summed E-state index contributed by atoms with van der Waals surface area (Å²) in [6.07, 6.45) is -1.67. The minimum atomic E-state index is -4.55. The van der Waals surface area contributed by atoms with Crippen LogP contribution >= 0.6 is 11.6 Å². The monoisotopic (exact) mass is 476 g/mol. The molecule has 9 heteroatoms. The summed E-state index contributed by atoms with van der Waals surface area (Å²) in [5, 5.41) is 10.3. The van der Waals surface area contributed by atoms with Gasteiger partial charge in [0.2, 0.25) is 0 Å². The summed E-state index contributed by atoms with van der Waals surface area (Å²) < 4.78 is 40.1. The van der Waals surface area contributed by atoms with Crippen molar-refractivity contribution >= 4 is 39.8 Å². The lowest BCUT2D eigenvalue weighted by molar-refractivity contribution is -0.140. The molecule has 0 bridgehead atoms. The molecule has 0 spiro atoms. The minimum absolute atomic E-state index is 0.00910. The van der Waals surface area contributed by atoms with Gasteiger partial charge in [-0.2, -0.15) is 13.2 Å². The maximum absolute atomic E-state index is 13.4. The molecule has 0 radical (unpaired) electrons. The van der Waals surface area contributed by atoms with Crippen molar-refractivity contribution < 1.29 is 18.0 Å². The zero-order chi connectivity index (χ0) is 23.6. The van der Waals surface area contributed by atoms with Gasteiger partial charge in [-0.15, -0.1) is 0 Å². The Labute approximate surface area is 194 Å². The highest BCUT2D eigenvalue weighted by Crippen LogP contribution is 2.35. The van der Waals surface area contributed by atoms with Gasteiger partial charge in [-0.05, 0) is 62.1 Å². The number of nitrogens with one attached hydrogen (secondary N) is 3. The van der Waals surface area contributed by atoms with Crippen molar-refractivity contribution in [2.24, 2.45) is 0 Å². The summed E-state index contributed by atoms with van der Waals surface area (Å²) in [4.78, 5) is 16.4. The van der Waals surface area contributed by atoms with Crippen LogP contribution < -0.4 is 16.0 Å². The quantitative estimate of drug-likeness (QED) is 0.416. The number of rotatable bonds is 5. The number of pyridine rings is 1. The standard InChI is InChI=1S/C24H24ClF3N4O/c1-29-19-5-3-2-4-17(19)23(33)31-16-9-7-15(8-10-16)30-21-13-22(24(26,27)28)32-20-11-6-14(25)12-18(20)21/h2-6,11-13,15-16,29H,7-10H2,1H3,(H,30,32)(H,31,33)/t15-,16+. The molecule has 33 heavy (non-hydrogen) atoms. The molecular weight excluding hydrogens is 453 g/mol. The lowest BCUT2D eigenvalue weighted by Gasteiger charge is -2.31. The largest absolute Gasteiger partial charge is 0.433 e. The van der Waals surface area contributed by atoms with Crippen molar-refractivity contribution in [2.45, 2.75) is 43.9 Å². The van der Waals surface area contributed by atoms with Crippen LogP contribution in [0.15, 0.2) is 48.5 Å². The van der Waals surface area contributed by atoms with Crippen molar-refractivity contribution in [1.29, 1.82) is 0 Å². The van der Waals surface area contributed by atoms with Crippen molar-refractivity contribution in [1.82, 2.24) is 10.3 Å². The predicted octanol–water partition coefficient (Wildman–Crippen LogP) is 6.10. The number of anilines is 2. The molecule has 5 nitrogen and oxygen atoms in total. The van der Waals surface area contributed by atoms with Crippen LogP contribution in [0.3, 0.4) is 0 Å². The van der Waals surface area contributed by atoms with Gasteiger partial charge in [0.25, 0.3) is 5.91 Å². The second-order valence-corrected chi connectivity index (χ2v) is 8.61. The molecule has 0 atom stereocenters. The van der Waals surface area contributed by atoms with Crippen LogP contribution in [0.1, 0.15) is 41.7 Å². The van der Waals surface area contributed by atoms with Gasteiger partial charge in [0.1, 0.15) is 5.69 Å². The second-order valence-electron chi connectivity index (χ2n) is 8.18. The second kappa shape index (κ2) is 9.47. The van der Waals surface area contributed by atoms with E-state index in [-0.39, 0.29) is 23.5 Å². The number of carbonyl (C=O) groups excluding carboxylic acids is 1. The molecule has 1 aliphatic carbocycles. The number of amides is 1. The van der Waals surface area contributed by atoms with E-state index in [4.69, 9.17) is 11.6 Å². The first-order valence-corrected chi connectivity index (χ1v) is 11.1. The van der Waals surface area contributed by atoms with E-state index >= 15 is 0 Å². The van der Waals surface area contributed by atoms with Gasteiger partial charge in [0.15, 0.2) is 0 Å². The van der Waals surface area contributed by atoms with Crippen LogP contribution in [0.4, 0.5) is 24.5 Å². The number of carbonyl (C=O) groups is 1. The zero-order valence-electron chi connectivity index (χ0n) is 18.0. The van der Waals surface area contributed by atoms with Crippen LogP contribution in [-0.4, -0.2) is 30.0 Å². The molecular formula is C24H24ClF3N4O. The van der Waals surface area contributed by atoms with Gasteiger partial charge in [-0.3, -0.25) is 4.79 Å². The summed E-state index contributed by atoms with van der Waals surface area (Å²) in [5.74, 6) is -0.138. The summed E-state index contributed by atoms with van der Waals surface area (Å²) >= 11 is 6.08. The fraction of sp³-hybridized carbons (Fsp3) is 0.333. The number of aromatic nitrogens is 1. The molecule has 1 saturated carbocycles. The molecule has 3 aromatic rings. The highest BCUT2D eigenvalue weighted by molar-refractivity contribution is 6.31. The number of halogens is 4. The van der Waals surface area contributed by atoms with E-state index in [1.807, 2.05) is 18.2 Å². The summed E-state index contributed by atoms with van der Waals surface area (Å²) in [7, 11) is 1.77. The summed E-state index contributed by atoms with van der Waals surface area (Å²) in [5.41, 5.74) is 1.00. The third kappa shape index (κ3) is 5.33. The van der Waals surface area contributed by atoms with Crippen molar-refractivity contribution in [3.05, 3.63) is 64.8 Å².